The molecule has 0 atom stereocenters. The van der Waals surface area contributed by atoms with Crippen molar-refractivity contribution in [1.29, 1.82) is 0 Å². The highest BCUT2D eigenvalue weighted by molar-refractivity contribution is 5.94. The molecule has 0 saturated carbocycles. The van der Waals surface area contributed by atoms with Gasteiger partial charge in [-0.05, 0) is 25.8 Å². The average Bonchev–Trinajstić information content (AvgIpc) is 2.91. The molecule has 2 heterocycles. The number of aryl methyl sites for hydroxylation is 2. The number of nitrogens with zero attached hydrogens (tertiary/aromatic N) is 5. The first-order chi connectivity index (χ1) is 9.59. The first-order valence-corrected chi connectivity index (χ1v) is 6.24. The van der Waals surface area contributed by atoms with Crippen LogP contribution in [0.15, 0.2) is 12.4 Å². The van der Waals surface area contributed by atoms with Gasteiger partial charge in [0.2, 0.25) is 0 Å². The van der Waals surface area contributed by atoms with Crippen molar-refractivity contribution in [2.45, 2.75) is 26.8 Å². The van der Waals surface area contributed by atoms with Crippen LogP contribution in [-0.2, 0) is 6.54 Å². The first kappa shape index (κ1) is 13.9. The van der Waals surface area contributed by atoms with Crippen molar-refractivity contribution >= 4 is 11.8 Å². The van der Waals surface area contributed by atoms with Crippen molar-refractivity contribution in [3.63, 3.8) is 0 Å². The third-order valence-electron chi connectivity index (χ3n) is 3.00. The summed E-state index contributed by atoms with van der Waals surface area (Å²) >= 11 is 0. The summed E-state index contributed by atoms with van der Waals surface area (Å²) in [5.74, 6) is -0.696. The molecular formula is C12H16N6O2. The van der Waals surface area contributed by atoms with Crippen LogP contribution in [0.1, 0.15) is 28.0 Å². The molecule has 20 heavy (non-hydrogen) atoms. The van der Waals surface area contributed by atoms with Crippen molar-refractivity contribution < 1.29 is 9.90 Å². The highest BCUT2D eigenvalue weighted by Gasteiger charge is 2.17. The Morgan fingerprint density at radius 3 is 2.85 bits per heavy atom. The maximum Gasteiger partial charge on any atom is 0.339 e. The maximum absolute atomic E-state index is 11.3. The van der Waals surface area contributed by atoms with Gasteiger partial charge in [0.25, 0.3) is 0 Å². The van der Waals surface area contributed by atoms with Crippen LogP contribution < -0.4 is 5.32 Å². The molecule has 8 heteroatoms. The second-order valence-corrected chi connectivity index (χ2v) is 4.39. The fourth-order valence-electron chi connectivity index (χ4n) is 1.79. The van der Waals surface area contributed by atoms with E-state index in [1.165, 1.54) is 0 Å². The standard InChI is InChI=1S/C12H16N6O2/c1-8-9(2)15-16-11(10(8)12(19)20)13-4-3-6-18-7-5-14-17-18/h5,7H,3-4,6H2,1-2H3,(H,13,16)(H,19,20). The molecule has 2 aromatic heterocycles. The van der Waals surface area contributed by atoms with Gasteiger partial charge in [0.05, 0.1) is 11.9 Å². The van der Waals surface area contributed by atoms with Crippen molar-refractivity contribution in [2.24, 2.45) is 0 Å². The van der Waals surface area contributed by atoms with E-state index in [9.17, 15) is 9.90 Å². The normalized spacial score (nSPS) is 10.5. The van der Waals surface area contributed by atoms with Crippen LogP contribution in [0.5, 0.6) is 0 Å². The van der Waals surface area contributed by atoms with Crippen LogP contribution in [-0.4, -0.2) is 42.8 Å². The molecule has 0 unspecified atom stereocenters. The van der Waals surface area contributed by atoms with Gasteiger partial charge < -0.3 is 10.4 Å². The Kier molecular flexibility index (Phi) is 4.24. The summed E-state index contributed by atoms with van der Waals surface area (Å²) in [6, 6.07) is 0. The van der Waals surface area contributed by atoms with E-state index in [2.05, 4.69) is 25.8 Å². The Hall–Kier alpha value is -2.51. The van der Waals surface area contributed by atoms with E-state index in [4.69, 9.17) is 0 Å². The number of aromatic carboxylic acids is 1. The number of hydrogen-bond acceptors (Lipinski definition) is 6. The van der Waals surface area contributed by atoms with Crippen LogP contribution >= 0.6 is 0 Å². The summed E-state index contributed by atoms with van der Waals surface area (Å²) in [4.78, 5) is 11.3. The van der Waals surface area contributed by atoms with Gasteiger partial charge in [0.15, 0.2) is 5.82 Å². The largest absolute Gasteiger partial charge is 0.478 e. The molecule has 0 aromatic carbocycles. The van der Waals surface area contributed by atoms with Gasteiger partial charge in [-0.15, -0.1) is 10.2 Å². The van der Waals surface area contributed by atoms with E-state index in [-0.39, 0.29) is 5.56 Å². The fraction of sp³-hybridized carbons (Fsp3) is 0.417. The van der Waals surface area contributed by atoms with Crippen molar-refractivity contribution in [1.82, 2.24) is 25.2 Å². The molecule has 0 aliphatic rings. The Labute approximate surface area is 115 Å². The number of rotatable bonds is 6. The molecule has 2 N–H and O–H groups in total. The molecule has 0 fully saturated rings. The summed E-state index contributed by atoms with van der Waals surface area (Å²) in [5.41, 5.74) is 1.43. The number of hydrogen-bond donors (Lipinski definition) is 2. The van der Waals surface area contributed by atoms with E-state index in [1.54, 1.807) is 30.9 Å². The molecule has 0 spiro atoms. The lowest BCUT2D eigenvalue weighted by molar-refractivity contribution is 0.0696. The molecule has 2 rings (SSSR count). The zero-order chi connectivity index (χ0) is 14.5. The minimum Gasteiger partial charge on any atom is -0.478 e. The minimum atomic E-state index is -1.00. The van der Waals surface area contributed by atoms with Gasteiger partial charge in [-0.3, -0.25) is 4.68 Å². The monoisotopic (exact) mass is 276 g/mol. The third-order valence-corrected chi connectivity index (χ3v) is 3.00. The Morgan fingerprint density at radius 2 is 2.20 bits per heavy atom. The summed E-state index contributed by atoms with van der Waals surface area (Å²) in [5, 5.41) is 27.7. The van der Waals surface area contributed by atoms with E-state index < -0.39 is 5.97 Å². The highest BCUT2D eigenvalue weighted by atomic mass is 16.4. The Balaban J connectivity index is 1.99. The molecule has 0 amide bonds. The summed E-state index contributed by atoms with van der Waals surface area (Å²) in [7, 11) is 0. The molecular weight excluding hydrogens is 260 g/mol. The van der Waals surface area contributed by atoms with Gasteiger partial charge in [0.1, 0.15) is 5.56 Å². The van der Waals surface area contributed by atoms with Crippen LogP contribution in [0.3, 0.4) is 0 Å². The van der Waals surface area contributed by atoms with E-state index >= 15 is 0 Å². The van der Waals surface area contributed by atoms with Gasteiger partial charge in [0, 0.05) is 19.3 Å². The predicted molar refractivity (Wildman–Crippen MR) is 71.6 cm³/mol. The van der Waals surface area contributed by atoms with Crippen LogP contribution in [0.2, 0.25) is 0 Å². The topological polar surface area (TPSA) is 106 Å². The lowest BCUT2D eigenvalue weighted by atomic mass is 10.1. The van der Waals surface area contributed by atoms with Gasteiger partial charge in [-0.2, -0.15) is 5.10 Å². The summed E-state index contributed by atoms with van der Waals surface area (Å²) in [6.45, 7) is 4.75. The Bertz CT molecular complexity index is 596. The van der Waals surface area contributed by atoms with E-state index in [0.29, 0.717) is 30.2 Å². The number of aromatic nitrogens is 5. The molecule has 8 nitrogen and oxygen atoms in total. The number of carbonyl (C=O) groups is 1. The van der Waals surface area contributed by atoms with Crippen molar-refractivity contribution in [3.05, 3.63) is 29.2 Å². The molecule has 0 saturated heterocycles. The lowest BCUT2D eigenvalue weighted by Crippen LogP contribution is -2.15. The smallest absolute Gasteiger partial charge is 0.339 e. The van der Waals surface area contributed by atoms with Crippen LogP contribution in [0.25, 0.3) is 0 Å². The van der Waals surface area contributed by atoms with Crippen LogP contribution in [0.4, 0.5) is 5.82 Å². The zero-order valence-corrected chi connectivity index (χ0v) is 11.4. The Morgan fingerprint density at radius 1 is 1.40 bits per heavy atom. The predicted octanol–water partition coefficient (Wildman–Crippen LogP) is 0.885. The first-order valence-electron chi connectivity index (χ1n) is 6.24. The molecule has 0 radical (unpaired) electrons. The van der Waals surface area contributed by atoms with Gasteiger partial charge in [-0.1, -0.05) is 5.21 Å². The lowest BCUT2D eigenvalue weighted by Gasteiger charge is -2.11. The number of carboxylic acid groups (broad SMARTS) is 1. The second kappa shape index (κ2) is 6.09. The van der Waals surface area contributed by atoms with Crippen molar-refractivity contribution in [2.75, 3.05) is 11.9 Å². The van der Waals surface area contributed by atoms with E-state index in [0.717, 1.165) is 6.42 Å². The van der Waals surface area contributed by atoms with Crippen LogP contribution in [0, 0.1) is 13.8 Å². The minimum absolute atomic E-state index is 0.179. The SMILES string of the molecule is Cc1nnc(NCCCn2ccnn2)c(C(=O)O)c1C. The average molecular weight is 276 g/mol. The summed E-state index contributed by atoms with van der Waals surface area (Å²) < 4.78 is 1.71. The molecule has 2 aromatic rings. The number of anilines is 1. The van der Waals surface area contributed by atoms with Gasteiger partial charge >= 0.3 is 5.97 Å². The summed E-state index contributed by atoms with van der Waals surface area (Å²) in [6.07, 6.45) is 4.17. The van der Waals surface area contributed by atoms with Crippen molar-refractivity contribution in [3.8, 4) is 0 Å². The third kappa shape index (κ3) is 3.08. The zero-order valence-electron chi connectivity index (χ0n) is 11.4. The van der Waals surface area contributed by atoms with E-state index in [1.807, 2.05) is 0 Å². The van der Waals surface area contributed by atoms with Gasteiger partial charge in [-0.25, -0.2) is 4.79 Å². The molecule has 0 aliphatic heterocycles. The quantitative estimate of drug-likeness (QED) is 0.754. The fourth-order valence-corrected chi connectivity index (χ4v) is 1.79. The highest BCUT2D eigenvalue weighted by Crippen LogP contribution is 2.18. The number of carboxylic acids is 1. The maximum atomic E-state index is 11.3. The number of nitrogens with one attached hydrogen (secondary N) is 1. The second-order valence-electron chi connectivity index (χ2n) is 4.39. The molecule has 106 valence electrons. The molecule has 0 bridgehead atoms. The molecule has 0 aliphatic carbocycles.